The Hall–Kier alpha value is -3.13. The van der Waals surface area contributed by atoms with Gasteiger partial charge < -0.3 is 24.4 Å². The number of amides is 2. The largest absolute Gasteiger partial charge is 0.493 e. The van der Waals surface area contributed by atoms with E-state index in [1.54, 1.807) is 25.3 Å². The number of carbonyl (C=O) groups excluding carboxylic acids is 2. The van der Waals surface area contributed by atoms with Gasteiger partial charge in [-0.3, -0.25) is 9.59 Å². The van der Waals surface area contributed by atoms with Crippen LogP contribution in [0.1, 0.15) is 5.56 Å². The highest BCUT2D eigenvalue weighted by Gasteiger charge is 2.34. The Morgan fingerprint density at radius 2 is 1.89 bits per heavy atom. The molecular formula is C20H21FN2O5. The molecule has 1 N–H and O–H groups in total. The van der Waals surface area contributed by atoms with Crippen molar-refractivity contribution >= 4 is 17.5 Å². The first kappa shape index (κ1) is 19.6. The van der Waals surface area contributed by atoms with E-state index in [9.17, 15) is 14.0 Å². The number of methoxy groups -OCH3 is 2. The van der Waals surface area contributed by atoms with Crippen LogP contribution in [0, 0.1) is 5.82 Å². The van der Waals surface area contributed by atoms with E-state index in [0.29, 0.717) is 17.2 Å². The van der Waals surface area contributed by atoms with Crippen LogP contribution in [0.15, 0.2) is 42.5 Å². The van der Waals surface area contributed by atoms with Crippen molar-refractivity contribution in [1.29, 1.82) is 0 Å². The van der Waals surface area contributed by atoms with Gasteiger partial charge in [0, 0.05) is 12.2 Å². The molecule has 1 heterocycles. The summed E-state index contributed by atoms with van der Waals surface area (Å²) in [6.45, 7) is 0.198. The third kappa shape index (κ3) is 4.40. The fourth-order valence-electron chi connectivity index (χ4n) is 2.95. The summed E-state index contributed by atoms with van der Waals surface area (Å²) in [4.78, 5) is 26.6. The topological polar surface area (TPSA) is 77.1 Å². The Morgan fingerprint density at radius 3 is 2.57 bits per heavy atom. The highest BCUT2D eigenvalue weighted by atomic mass is 19.1. The van der Waals surface area contributed by atoms with Gasteiger partial charge in [0.25, 0.3) is 0 Å². The van der Waals surface area contributed by atoms with Gasteiger partial charge in [0.1, 0.15) is 18.5 Å². The summed E-state index contributed by atoms with van der Waals surface area (Å²) < 4.78 is 28.8. The molecule has 2 aromatic carbocycles. The summed E-state index contributed by atoms with van der Waals surface area (Å²) in [5, 5.41) is 2.69. The summed E-state index contributed by atoms with van der Waals surface area (Å²) >= 11 is 0. The summed E-state index contributed by atoms with van der Waals surface area (Å²) in [6, 6.07) is 9.91. The van der Waals surface area contributed by atoms with E-state index in [0.717, 1.165) is 5.56 Å². The van der Waals surface area contributed by atoms with E-state index >= 15 is 0 Å². The zero-order valence-corrected chi connectivity index (χ0v) is 15.6. The molecule has 0 bridgehead atoms. The first-order valence-corrected chi connectivity index (χ1v) is 8.66. The van der Waals surface area contributed by atoms with Gasteiger partial charge in [-0.05, 0) is 42.0 Å². The van der Waals surface area contributed by atoms with E-state index in [1.165, 1.54) is 36.3 Å². The zero-order valence-electron chi connectivity index (χ0n) is 15.6. The monoisotopic (exact) mass is 388 g/mol. The Kier molecular flexibility index (Phi) is 6.10. The van der Waals surface area contributed by atoms with E-state index in [2.05, 4.69) is 5.32 Å². The number of carbonyl (C=O) groups is 2. The molecule has 2 amide bonds. The first-order valence-electron chi connectivity index (χ1n) is 8.66. The van der Waals surface area contributed by atoms with Crippen molar-refractivity contribution < 1.29 is 28.2 Å². The van der Waals surface area contributed by atoms with Gasteiger partial charge in [0.2, 0.25) is 11.8 Å². The molecule has 0 aromatic heterocycles. The van der Waals surface area contributed by atoms with Crippen LogP contribution in [0.3, 0.4) is 0 Å². The van der Waals surface area contributed by atoms with Crippen LogP contribution in [0.4, 0.5) is 10.1 Å². The predicted molar refractivity (Wildman–Crippen MR) is 99.7 cm³/mol. The molecule has 0 spiro atoms. The van der Waals surface area contributed by atoms with Gasteiger partial charge in [0.15, 0.2) is 11.5 Å². The molecule has 1 aliphatic rings. The Morgan fingerprint density at radius 1 is 1.18 bits per heavy atom. The molecule has 8 heteroatoms. The molecule has 3 rings (SSSR count). The summed E-state index contributed by atoms with van der Waals surface area (Å²) in [5.74, 6) is 0.0165. The van der Waals surface area contributed by atoms with E-state index in [1.807, 2.05) is 0 Å². The molecule has 0 radical (unpaired) electrons. The van der Waals surface area contributed by atoms with Crippen LogP contribution < -0.4 is 14.8 Å². The minimum Gasteiger partial charge on any atom is -0.493 e. The van der Waals surface area contributed by atoms with Crippen molar-refractivity contribution in [2.75, 3.05) is 32.8 Å². The number of morpholine rings is 1. The van der Waals surface area contributed by atoms with Gasteiger partial charge in [0.05, 0.1) is 20.8 Å². The lowest BCUT2D eigenvalue weighted by atomic mass is 10.1. The van der Waals surface area contributed by atoms with Crippen molar-refractivity contribution in [1.82, 2.24) is 4.90 Å². The third-order valence-electron chi connectivity index (χ3n) is 4.41. The smallest absolute Gasteiger partial charge is 0.249 e. The van der Waals surface area contributed by atoms with Gasteiger partial charge >= 0.3 is 0 Å². The lowest BCUT2D eigenvalue weighted by Crippen LogP contribution is -2.54. The van der Waals surface area contributed by atoms with Crippen LogP contribution in [0.25, 0.3) is 0 Å². The second-order valence-corrected chi connectivity index (χ2v) is 6.24. The summed E-state index contributed by atoms with van der Waals surface area (Å²) in [7, 11) is 3.07. The minimum atomic E-state index is -0.806. The van der Waals surface area contributed by atoms with Gasteiger partial charge in [-0.1, -0.05) is 6.07 Å². The number of hydrogen-bond donors (Lipinski definition) is 1. The predicted octanol–water partition coefficient (Wildman–Crippen LogP) is 2.21. The zero-order chi connectivity index (χ0) is 20.1. The first-order chi connectivity index (χ1) is 13.5. The molecule has 0 saturated carbocycles. The molecule has 1 fully saturated rings. The normalized spacial score (nSPS) is 16.6. The van der Waals surface area contributed by atoms with Gasteiger partial charge in [-0.15, -0.1) is 0 Å². The molecule has 28 heavy (non-hydrogen) atoms. The molecule has 1 atom stereocenters. The summed E-state index contributed by atoms with van der Waals surface area (Å²) in [6.07, 6.45) is 0. The number of benzene rings is 2. The number of halogens is 1. The fraction of sp³-hybridized carbons (Fsp3) is 0.300. The van der Waals surface area contributed by atoms with Crippen molar-refractivity contribution in [2.45, 2.75) is 12.6 Å². The minimum absolute atomic E-state index is 0.0755. The summed E-state index contributed by atoms with van der Waals surface area (Å²) in [5.41, 5.74) is 1.22. The van der Waals surface area contributed by atoms with Crippen molar-refractivity contribution in [2.24, 2.45) is 0 Å². The number of rotatable bonds is 6. The molecule has 0 aliphatic carbocycles. The lowest BCUT2D eigenvalue weighted by Gasteiger charge is -2.34. The van der Waals surface area contributed by atoms with Crippen LogP contribution >= 0.6 is 0 Å². The lowest BCUT2D eigenvalue weighted by molar-refractivity contribution is -0.154. The third-order valence-corrected chi connectivity index (χ3v) is 4.41. The molecule has 0 unspecified atom stereocenters. The molecule has 7 nitrogen and oxygen atoms in total. The number of ether oxygens (including phenoxy) is 3. The highest BCUT2D eigenvalue weighted by Crippen LogP contribution is 2.28. The molecular weight excluding hydrogens is 367 g/mol. The quantitative estimate of drug-likeness (QED) is 0.821. The molecule has 148 valence electrons. The van der Waals surface area contributed by atoms with Crippen LogP contribution in [-0.4, -0.2) is 50.2 Å². The SMILES string of the molecule is COc1ccc(CN2C(=O)COC[C@H]2C(=O)Nc2ccc(F)cc2)cc1OC. The number of anilines is 1. The second kappa shape index (κ2) is 8.71. The highest BCUT2D eigenvalue weighted by molar-refractivity contribution is 5.97. The molecule has 1 aliphatic heterocycles. The number of hydrogen-bond acceptors (Lipinski definition) is 5. The standard InChI is InChI=1S/C20H21FN2O5/c1-26-17-8-3-13(9-18(17)27-2)10-23-16(11-28-12-19(23)24)20(25)22-15-6-4-14(21)5-7-15/h3-9,16H,10-12H2,1-2H3,(H,22,25)/t16-/m0/s1. The van der Waals surface area contributed by atoms with E-state index in [4.69, 9.17) is 14.2 Å². The second-order valence-electron chi connectivity index (χ2n) is 6.24. The van der Waals surface area contributed by atoms with Crippen molar-refractivity contribution in [3.63, 3.8) is 0 Å². The van der Waals surface area contributed by atoms with E-state index in [-0.39, 0.29) is 25.7 Å². The maximum absolute atomic E-state index is 13.0. The molecule has 1 saturated heterocycles. The maximum Gasteiger partial charge on any atom is 0.249 e. The molecule has 2 aromatic rings. The van der Waals surface area contributed by atoms with Gasteiger partial charge in [-0.2, -0.15) is 0 Å². The van der Waals surface area contributed by atoms with Crippen LogP contribution in [-0.2, 0) is 20.9 Å². The van der Waals surface area contributed by atoms with Crippen LogP contribution in [0.2, 0.25) is 0 Å². The van der Waals surface area contributed by atoms with Crippen LogP contribution in [0.5, 0.6) is 11.5 Å². The van der Waals surface area contributed by atoms with Crippen molar-refractivity contribution in [3.05, 3.63) is 53.8 Å². The Labute approximate surface area is 162 Å². The Bertz CT molecular complexity index is 856. The maximum atomic E-state index is 13.0. The Balaban J connectivity index is 1.77. The van der Waals surface area contributed by atoms with Gasteiger partial charge in [-0.25, -0.2) is 4.39 Å². The number of nitrogens with zero attached hydrogens (tertiary/aromatic N) is 1. The average Bonchev–Trinajstić information content (AvgIpc) is 2.71. The average molecular weight is 388 g/mol. The number of nitrogens with one attached hydrogen (secondary N) is 1. The van der Waals surface area contributed by atoms with Crippen molar-refractivity contribution in [3.8, 4) is 11.5 Å². The fourth-order valence-corrected chi connectivity index (χ4v) is 2.95. The van der Waals surface area contributed by atoms with E-state index < -0.39 is 17.8 Å².